The number of carbonyl (C=O) groups excluding carboxylic acids is 1. The Bertz CT molecular complexity index is 1090. The van der Waals surface area contributed by atoms with E-state index in [1.165, 1.54) is 5.56 Å². The molecule has 1 aliphatic carbocycles. The maximum atomic E-state index is 13.2. The van der Waals surface area contributed by atoms with Crippen molar-refractivity contribution < 1.29 is 9.53 Å². The number of pyridine rings is 1. The highest BCUT2D eigenvalue weighted by molar-refractivity contribution is 6.06. The van der Waals surface area contributed by atoms with Crippen LogP contribution in [0.5, 0.6) is 0 Å². The van der Waals surface area contributed by atoms with E-state index >= 15 is 0 Å². The molecule has 162 valence electrons. The third-order valence-electron chi connectivity index (χ3n) is 6.19. The topological polar surface area (TPSA) is 72.3 Å². The van der Waals surface area contributed by atoms with E-state index < -0.39 is 0 Å². The van der Waals surface area contributed by atoms with Gasteiger partial charge in [0, 0.05) is 44.8 Å². The van der Waals surface area contributed by atoms with Crippen LogP contribution in [0.1, 0.15) is 46.1 Å². The summed E-state index contributed by atoms with van der Waals surface area (Å²) in [6.45, 7) is 5.72. The Balaban J connectivity index is 1.28. The monoisotopic (exact) mass is 419 g/mol. The molecule has 2 fully saturated rings. The second-order valence-corrected chi connectivity index (χ2v) is 8.70. The molecule has 2 aromatic heterocycles. The van der Waals surface area contributed by atoms with Crippen molar-refractivity contribution in [2.24, 2.45) is 7.05 Å². The highest BCUT2D eigenvalue weighted by Crippen LogP contribution is 2.40. The summed E-state index contributed by atoms with van der Waals surface area (Å²) in [6, 6.07) is 12.4. The second-order valence-electron chi connectivity index (χ2n) is 8.70. The summed E-state index contributed by atoms with van der Waals surface area (Å²) >= 11 is 0. The zero-order valence-electron chi connectivity index (χ0n) is 18.2. The fraction of sp³-hybridized carbons (Fsp3) is 0.458. The molecule has 1 saturated carbocycles. The molecule has 1 unspecified atom stereocenters. The van der Waals surface area contributed by atoms with Gasteiger partial charge in [0.15, 0.2) is 5.65 Å². The smallest absolute Gasteiger partial charge is 0.252 e. The van der Waals surface area contributed by atoms with Crippen LogP contribution in [0, 0.1) is 6.92 Å². The van der Waals surface area contributed by atoms with Gasteiger partial charge in [-0.05, 0) is 31.4 Å². The van der Waals surface area contributed by atoms with Gasteiger partial charge in [-0.2, -0.15) is 5.10 Å². The Morgan fingerprint density at radius 3 is 2.84 bits per heavy atom. The molecular formula is C24H29N5O2. The lowest BCUT2D eigenvalue weighted by Crippen LogP contribution is -2.47. The van der Waals surface area contributed by atoms with Crippen molar-refractivity contribution in [3.63, 3.8) is 0 Å². The van der Waals surface area contributed by atoms with Crippen LogP contribution >= 0.6 is 0 Å². The van der Waals surface area contributed by atoms with Gasteiger partial charge in [-0.1, -0.05) is 30.3 Å². The fourth-order valence-corrected chi connectivity index (χ4v) is 4.42. The molecule has 3 aromatic rings. The molecule has 0 bridgehead atoms. The number of ether oxygens (including phenoxy) is 1. The maximum absolute atomic E-state index is 13.2. The van der Waals surface area contributed by atoms with Gasteiger partial charge in [0.2, 0.25) is 0 Å². The largest absolute Gasteiger partial charge is 0.374 e. The van der Waals surface area contributed by atoms with Gasteiger partial charge >= 0.3 is 0 Å². The van der Waals surface area contributed by atoms with Crippen LogP contribution in [0.15, 0.2) is 36.4 Å². The Morgan fingerprint density at radius 1 is 1.26 bits per heavy atom. The van der Waals surface area contributed by atoms with Crippen molar-refractivity contribution in [1.29, 1.82) is 0 Å². The summed E-state index contributed by atoms with van der Waals surface area (Å²) in [4.78, 5) is 20.4. The molecule has 31 heavy (non-hydrogen) atoms. The minimum atomic E-state index is -0.0748. The van der Waals surface area contributed by atoms with Crippen molar-refractivity contribution in [2.75, 3.05) is 26.2 Å². The number of rotatable bonds is 6. The lowest BCUT2D eigenvalue weighted by Gasteiger charge is -2.33. The molecule has 0 spiro atoms. The molecule has 0 radical (unpaired) electrons. The Labute approximate surface area is 182 Å². The number of hydrogen-bond donors (Lipinski definition) is 1. The van der Waals surface area contributed by atoms with Gasteiger partial charge in [0.25, 0.3) is 5.91 Å². The number of fused-ring (bicyclic) bond motifs is 1. The molecule has 1 aromatic carbocycles. The average Bonchev–Trinajstić information content (AvgIpc) is 3.59. The SMILES string of the molecule is Cc1nn(C)c2nc(C3CC3)cc(C(=O)NCC3CN(Cc4ccccc4)CCO3)c12. The summed E-state index contributed by atoms with van der Waals surface area (Å²) in [5.41, 5.74) is 4.60. The number of aromatic nitrogens is 3. The maximum Gasteiger partial charge on any atom is 0.252 e. The van der Waals surface area contributed by atoms with Gasteiger partial charge in [0.1, 0.15) is 0 Å². The number of nitrogens with zero attached hydrogens (tertiary/aromatic N) is 4. The predicted molar refractivity (Wildman–Crippen MR) is 119 cm³/mol. The first-order valence-corrected chi connectivity index (χ1v) is 11.1. The fourth-order valence-electron chi connectivity index (χ4n) is 4.42. The molecule has 7 nitrogen and oxygen atoms in total. The minimum absolute atomic E-state index is 0.0170. The van der Waals surface area contributed by atoms with Crippen molar-refractivity contribution in [3.8, 4) is 0 Å². The van der Waals surface area contributed by atoms with Gasteiger partial charge in [-0.25, -0.2) is 4.98 Å². The molecule has 1 N–H and O–H groups in total. The first kappa shape index (κ1) is 20.2. The lowest BCUT2D eigenvalue weighted by molar-refractivity contribution is -0.0292. The van der Waals surface area contributed by atoms with Gasteiger partial charge in [-0.3, -0.25) is 14.4 Å². The first-order chi connectivity index (χ1) is 15.1. The van der Waals surface area contributed by atoms with E-state index in [0.29, 0.717) is 24.6 Å². The molecular weight excluding hydrogens is 390 g/mol. The molecule has 2 aliphatic rings. The van der Waals surface area contributed by atoms with Crippen molar-refractivity contribution in [2.45, 2.75) is 38.3 Å². The van der Waals surface area contributed by atoms with Gasteiger partial charge < -0.3 is 10.1 Å². The van der Waals surface area contributed by atoms with Gasteiger partial charge in [0.05, 0.1) is 29.4 Å². The molecule has 3 heterocycles. The van der Waals surface area contributed by atoms with Crippen LogP contribution in [0.4, 0.5) is 0 Å². The zero-order chi connectivity index (χ0) is 21.4. The highest BCUT2D eigenvalue weighted by atomic mass is 16.5. The van der Waals surface area contributed by atoms with Crippen molar-refractivity contribution in [1.82, 2.24) is 25.0 Å². The second kappa shape index (κ2) is 8.40. The third kappa shape index (κ3) is 4.34. The summed E-state index contributed by atoms with van der Waals surface area (Å²) in [7, 11) is 1.89. The van der Waals surface area contributed by atoms with E-state index in [-0.39, 0.29) is 12.0 Å². The quantitative estimate of drug-likeness (QED) is 0.665. The number of aryl methyl sites for hydroxylation is 2. The zero-order valence-corrected chi connectivity index (χ0v) is 18.2. The number of benzene rings is 1. The van der Waals surface area contributed by atoms with Crippen LogP contribution in [-0.4, -0.2) is 57.9 Å². The first-order valence-electron chi connectivity index (χ1n) is 11.1. The number of hydrogen-bond acceptors (Lipinski definition) is 5. The third-order valence-corrected chi connectivity index (χ3v) is 6.19. The van der Waals surface area contributed by atoms with Crippen LogP contribution in [0.25, 0.3) is 11.0 Å². The van der Waals surface area contributed by atoms with E-state index in [9.17, 15) is 4.79 Å². The number of carbonyl (C=O) groups is 1. The van der Waals surface area contributed by atoms with E-state index in [0.717, 1.165) is 54.9 Å². The highest BCUT2D eigenvalue weighted by Gasteiger charge is 2.29. The van der Waals surface area contributed by atoms with Crippen LogP contribution in [-0.2, 0) is 18.3 Å². The Kier molecular flexibility index (Phi) is 5.46. The summed E-state index contributed by atoms with van der Waals surface area (Å²) in [6.07, 6.45) is 2.27. The van der Waals surface area contributed by atoms with E-state index in [4.69, 9.17) is 9.72 Å². The van der Waals surface area contributed by atoms with Crippen LogP contribution in [0.2, 0.25) is 0 Å². The van der Waals surface area contributed by atoms with Crippen LogP contribution in [0.3, 0.4) is 0 Å². The van der Waals surface area contributed by atoms with Crippen molar-refractivity contribution in [3.05, 3.63) is 58.9 Å². The Hall–Kier alpha value is -2.77. The van der Waals surface area contributed by atoms with E-state index in [2.05, 4.69) is 39.6 Å². The number of amides is 1. The number of morpholine rings is 1. The molecule has 1 atom stereocenters. The van der Waals surface area contributed by atoms with Crippen LogP contribution < -0.4 is 5.32 Å². The predicted octanol–water partition coefficient (Wildman–Crippen LogP) is 2.78. The summed E-state index contributed by atoms with van der Waals surface area (Å²) in [5.74, 6) is 0.397. The molecule has 1 saturated heterocycles. The summed E-state index contributed by atoms with van der Waals surface area (Å²) < 4.78 is 7.71. The van der Waals surface area contributed by atoms with Gasteiger partial charge in [-0.15, -0.1) is 0 Å². The molecule has 7 heteroatoms. The van der Waals surface area contributed by atoms with Crippen molar-refractivity contribution >= 4 is 16.9 Å². The summed E-state index contributed by atoms with van der Waals surface area (Å²) in [5, 5.41) is 8.46. The standard InChI is InChI=1S/C24H29N5O2/c1-16-22-20(12-21(18-8-9-18)26-23(22)28(2)27-16)24(30)25-13-19-15-29(10-11-31-19)14-17-6-4-3-5-7-17/h3-7,12,18-19H,8-11,13-15H2,1-2H3,(H,25,30). The Morgan fingerprint density at radius 2 is 2.06 bits per heavy atom. The van der Waals surface area contributed by atoms with E-state index in [1.807, 2.05) is 26.1 Å². The molecule has 5 rings (SSSR count). The molecule has 1 amide bonds. The van der Waals surface area contributed by atoms with E-state index in [1.54, 1.807) is 4.68 Å². The minimum Gasteiger partial charge on any atom is -0.374 e. The number of nitrogens with one attached hydrogen (secondary N) is 1. The lowest BCUT2D eigenvalue weighted by atomic mass is 10.1. The molecule has 1 aliphatic heterocycles. The average molecular weight is 420 g/mol. The normalized spacial score (nSPS) is 19.6.